The molecule has 2 amide bonds. The molecule has 1 aliphatic heterocycles. The Balaban J connectivity index is 1.62. The van der Waals surface area contributed by atoms with Gasteiger partial charge in [-0.25, -0.2) is 0 Å². The molecule has 9 heteroatoms. The zero-order chi connectivity index (χ0) is 27.3. The number of hydrogen-bond acceptors (Lipinski definition) is 7. The Morgan fingerprint density at radius 3 is 1.49 bits per heavy atom. The van der Waals surface area contributed by atoms with Gasteiger partial charge in [0.25, 0.3) is 11.8 Å². The predicted octanol–water partition coefficient (Wildman–Crippen LogP) is 3.44. The van der Waals surface area contributed by atoms with Gasteiger partial charge in [-0.3, -0.25) is 14.6 Å². The van der Waals surface area contributed by atoms with Crippen molar-refractivity contribution in [3.8, 4) is 5.75 Å². The SMILES string of the molecule is COc1cc2nc(c1)CN(C(=O)c1ccccc1)CCOCCOCCOCCN(C(=O)c1ccccc1)C2. The summed E-state index contributed by atoms with van der Waals surface area (Å²) in [5, 5.41) is 0. The molecule has 0 atom stereocenters. The van der Waals surface area contributed by atoms with Crippen LogP contribution in [-0.2, 0) is 27.3 Å². The minimum Gasteiger partial charge on any atom is -0.497 e. The van der Waals surface area contributed by atoms with Gasteiger partial charge in [0.2, 0.25) is 0 Å². The fourth-order valence-electron chi connectivity index (χ4n) is 4.21. The Bertz CT molecular complexity index is 1100. The number of pyridine rings is 1. The highest BCUT2D eigenvalue weighted by molar-refractivity contribution is 5.94. The number of fused-ring (bicyclic) bond motifs is 2. The van der Waals surface area contributed by atoms with Gasteiger partial charge in [-0.1, -0.05) is 36.4 Å². The summed E-state index contributed by atoms with van der Waals surface area (Å²) in [6.07, 6.45) is 0. The maximum absolute atomic E-state index is 13.4. The van der Waals surface area contributed by atoms with Gasteiger partial charge < -0.3 is 28.7 Å². The standard InChI is InChI=1S/C30H35N3O6/c1-36-28-20-26-22-32(29(34)24-8-4-2-5-9-24)12-14-37-16-18-39-19-17-38-15-13-33(23-27(21-28)31-26)30(35)25-10-6-3-7-11-25/h2-11,20-21H,12-19,22-23H2,1H3. The van der Waals surface area contributed by atoms with Crippen LogP contribution >= 0.6 is 0 Å². The second kappa shape index (κ2) is 15.0. The van der Waals surface area contributed by atoms with E-state index in [9.17, 15) is 9.59 Å². The average Bonchev–Trinajstić information content (AvgIpc) is 2.98. The molecule has 0 spiro atoms. The Kier molecular flexibility index (Phi) is 10.8. The number of benzene rings is 2. The molecule has 1 aliphatic rings. The number of nitrogens with zero attached hydrogens (tertiary/aromatic N) is 3. The Hall–Kier alpha value is -3.79. The van der Waals surface area contributed by atoms with Crippen LogP contribution in [0.3, 0.4) is 0 Å². The molecule has 2 aromatic carbocycles. The number of rotatable bonds is 3. The van der Waals surface area contributed by atoms with Crippen molar-refractivity contribution >= 4 is 11.8 Å². The number of ether oxygens (including phenoxy) is 4. The lowest BCUT2D eigenvalue weighted by Gasteiger charge is -2.25. The highest BCUT2D eigenvalue weighted by Gasteiger charge is 2.20. The molecule has 0 fully saturated rings. The molecule has 1 aromatic heterocycles. The lowest BCUT2D eigenvalue weighted by Crippen LogP contribution is -2.35. The van der Waals surface area contributed by atoms with E-state index in [2.05, 4.69) is 0 Å². The van der Waals surface area contributed by atoms with Crippen LogP contribution in [0.1, 0.15) is 32.1 Å². The van der Waals surface area contributed by atoms with Crippen LogP contribution in [-0.4, -0.2) is 86.4 Å². The van der Waals surface area contributed by atoms with E-state index in [0.29, 0.717) is 81.0 Å². The lowest BCUT2D eigenvalue weighted by atomic mass is 10.1. The molecule has 0 unspecified atom stereocenters. The van der Waals surface area contributed by atoms with Crippen molar-refractivity contribution in [2.24, 2.45) is 0 Å². The van der Waals surface area contributed by atoms with E-state index in [1.165, 1.54) is 0 Å². The first-order chi connectivity index (χ1) is 19.1. The minimum atomic E-state index is -0.117. The summed E-state index contributed by atoms with van der Waals surface area (Å²) >= 11 is 0. The van der Waals surface area contributed by atoms with Crippen molar-refractivity contribution < 1.29 is 28.5 Å². The summed E-state index contributed by atoms with van der Waals surface area (Å²) in [6, 6.07) is 21.9. The molecule has 4 rings (SSSR count). The minimum absolute atomic E-state index is 0.117. The first-order valence-corrected chi connectivity index (χ1v) is 13.1. The summed E-state index contributed by atoms with van der Waals surface area (Å²) < 4.78 is 22.6. The van der Waals surface area contributed by atoms with Crippen LogP contribution in [0.15, 0.2) is 72.8 Å². The normalized spacial score (nSPS) is 16.1. The van der Waals surface area contributed by atoms with Crippen molar-refractivity contribution in [1.29, 1.82) is 0 Å². The van der Waals surface area contributed by atoms with Crippen molar-refractivity contribution in [2.75, 3.05) is 59.8 Å². The van der Waals surface area contributed by atoms with E-state index in [1.807, 2.05) is 48.5 Å². The number of aromatic nitrogens is 1. The third kappa shape index (κ3) is 8.61. The second-order valence-corrected chi connectivity index (χ2v) is 9.01. The smallest absolute Gasteiger partial charge is 0.254 e. The molecular formula is C30H35N3O6. The topological polar surface area (TPSA) is 90.4 Å². The van der Waals surface area contributed by atoms with Gasteiger partial charge in [0.15, 0.2) is 0 Å². The molecule has 39 heavy (non-hydrogen) atoms. The van der Waals surface area contributed by atoms with E-state index in [0.717, 1.165) is 0 Å². The zero-order valence-corrected chi connectivity index (χ0v) is 22.3. The Labute approximate surface area is 229 Å². The molecule has 0 aliphatic carbocycles. The Morgan fingerprint density at radius 1 is 0.667 bits per heavy atom. The fraction of sp³-hybridized carbons (Fsp3) is 0.367. The van der Waals surface area contributed by atoms with Crippen LogP contribution in [0.4, 0.5) is 0 Å². The fourth-order valence-corrected chi connectivity index (χ4v) is 4.21. The van der Waals surface area contributed by atoms with Crippen molar-refractivity contribution in [2.45, 2.75) is 13.1 Å². The molecule has 9 nitrogen and oxygen atoms in total. The highest BCUT2D eigenvalue weighted by atomic mass is 16.5. The first kappa shape index (κ1) is 28.2. The van der Waals surface area contributed by atoms with Crippen molar-refractivity contribution in [3.63, 3.8) is 0 Å². The van der Waals surface area contributed by atoms with Crippen LogP contribution < -0.4 is 4.74 Å². The van der Waals surface area contributed by atoms with Crippen molar-refractivity contribution in [3.05, 3.63) is 95.3 Å². The Morgan fingerprint density at radius 2 is 1.08 bits per heavy atom. The average molecular weight is 534 g/mol. The maximum Gasteiger partial charge on any atom is 0.254 e. The molecular weight excluding hydrogens is 498 g/mol. The van der Waals surface area contributed by atoms with Crippen LogP contribution in [0.25, 0.3) is 0 Å². The first-order valence-electron chi connectivity index (χ1n) is 13.1. The molecule has 2 bridgehead atoms. The molecule has 3 aromatic rings. The number of carbonyl (C=O) groups is 2. The summed E-state index contributed by atoms with van der Waals surface area (Å²) in [5.41, 5.74) is 2.49. The largest absolute Gasteiger partial charge is 0.497 e. The molecule has 0 radical (unpaired) electrons. The van der Waals surface area contributed by atoms with E-state index in [1.54, 1.807) is 41.2 Å². The van der Waals surface area contributed by atoms with Gasteiger partial charge in [0.1, 0.15) is 5.75 Å². The highest BCUT2D eigenvalue weighted by Crippen LogP contribution is 2.19. The molecule has 0 saturated carbocycles. The molecule has 2 heterocycles. The molecule has 206 valence electrons. The van der Waals surface area contributed by atoms with Gasteiger partial charge in [0, 0.05) is 36.3 Å². The number of carbonyl (C=O) groups excluding carboxylic acids is 2. The number of hydrogen-bond donors (Lipinski definition) is 0. The van der Waals surface area contributed by atoms with Gasteiger partial charge in [0.05, 0.1) is 71.2 Å². The maximum atomic E-state index is 13.4. The summed E-state index contributed by atoms with van der Waals surface area (Å²) in [6.45, 7) is 3.66. The van der Waals surface area contributed by atoms with Gasteiger partial charge in [-0.2, -0.15) is 0 Å². The number of methoxy groups -OCH3 is 1. The van der Waals surface area contributed by atoms with Crippen LogP contribution in [0, 0.1) is 0 Å². The van der Waals surface area contributed by atoms with E-state index >= 15 is 0 Å². The monoisotopic (exact) mass is 533 g/mol. The lowest BCUT2D eigenvalue weighted by molar-refractivity contribution is 0.00659. The van der Waals surface area contributed by atoms with Gasteiger partial charge in [-0.05, 0) is 24.3 Å². The molecule has 0 saturated heterocycles. The van der Waals surface area contributed by atoms with Crippen LogP contribution in [0.5, 0.6) is 5.75 Å². The van der Waals surface area contributed by atoms with Gasteiger partial charge in [-0.15, -0.1) is 0 Å². The summed E-state index contributed by atoms with van der Waals surface area (Å²) in [7, 11) is 1.59. The van der Waals surface area contributed by atoms with Crippen molar-refractivity contribution in [1.82, 2.24) is 14.8 Å². The summed E-state index contributed by atoms with van der Waals surface area (Å²) in [4.78, 5) is 35.0. The molecule has 0 N–H and O–H groups in total. The quantitative estimate of drug-likeness (QED) is 0.510. The van der Waals surface area contributed by atoms with Gasteiger partial charge >= 0.3 is 0 Å². The van der Waals surface area contributed by atoms with Crippen LogP contribution in [0.2, 0.25) is 0 Å². The summed E-state index contributed by atoms with van der Waals surface area (Å²) in [5.74, 6) is 0.372. The second-order valence-electron chi connectivity index (χ2n) is 9.01. The third-order valence-corrected chi connectivity index (χ3v) is 6.22. The van der Waals surface area contributed by atoms with E-state index in [-0.39, 0.29) is 24.9 Å². The predicted molar refractivity (Wildman–Crippen MR) is 146 cm³/mol. The van der Waals surface area contributed by atoms with E-state index in [4.69, 9.17) is 23.9 Å². The third-order valence-electron chi connectivity index (χ3n) is 6.22. The van der Waals surface area contributed by atoms with E-state index < -0.39 is 0 Å². The zero-order valence-electron chi connectivity index (χ0n) is 22.3. The number of amides is 2.